The van der Waals surface area contributed by atoms with E-state index in [0.717, 1.165) is 16.0 Å². The van der Waals surface area contributed by atoms with Crippen LogP contribution in [-0.4, -0.2) is 34.5 Å². The van der Waals surface area contributed by atoms with E-state index >= 15 is 0 Å². The molecule has 0 saturated heterocycles. The summed E-state index contributed by atoms with van der Waals surface area (Å²) < 4.78 is 5.99. The number of hydroxylamine groups is 2. The minimum absolute atomic E-state index is 0.189. The third-order valence-corrected chi connectivity index (χ3v) is 5.39. The lowest BCUT2D eigenvalue weighted by Crippen LogP contribution is -2.32. The molecule has 1 aromatic heterocycles. The van der Waals surface area contributed by atoms with Gasteiger partial charge in [-0.2, -0.15) is 0 Å². The molecule has 0 atom stereocenters. The molecule has 1 aliphatic heterocycles. The second kappa shape index (κ2) is 7.51. The molecule has 8 nitrogen and oxygen atoms in total. The first kappa shape index (κ1) is 20.5. The Hall–Kier alpha value is -3.72. The van der Waals surface area contributed by atoms with Gasteiger partial charge in [0.25, 0.3) is 11.8 Å². The molecule has 2 heterocycles. The zero-order chi connectivity index (χ0) is 22.3. The SMILES string of the molecule is CC(C)(C)OC(=O)Nc1ccc2sc(C(=O)ON3C(=O)c4ccccc4C3=O)cc2c1. The van der Waals surface area contributed by atoms with E-state index < -0.39 is 29.5 Å². The average molecular weight is 438 g/mol. The highest BCUT2D eigenvalue weighted by atomic mass is 32.1. The van der Waals surface area contributed by atoms with E-state index in [9.17, 15) is 19.2 Å². The number of nitrogens with zero attached hydrogens (tertiary/aromatic N) is 1. The molecule has 31 heavy (non-hydrogen) atoms. The van der Waals surface area contributed by atoms with E-state index in [4.69, 9.17) is 9.57 Å². The Morgan fingerprint density at radius 3 is 2.23 bits per heavy atom. The van der Waals surface area contributed by atoms with Crippen LogP contribution < -0.4 is 5.32 Å². The summed E-state index contributed by atoms with van der Waals surface area (Å²) in [5.41, 5.74) is 0.251. The Bertz CT molecular complexity index is 1210. The Balaban J connectivity index is 1.50. The van der Waals surface area contributed by atoms with Crippen LogP contribution in [0.25, 0.3) is 10.1 Å². The number of benzene rings is 2. The molecule has 2 aromatic carbocycles. The molecule has 0 radical (unpaired) electrons. The summed E-state index contributed by atoms with van der Waals surface area (Å²) >= 11 is 1.14. The van der Waals surface area contributed by atoms with E-state index in [-0.39, 0.29) is 16.0 Å². The van der Waals surface area contributed by atoms with Crippen LogP contribution in [0.3, 0.4) is 0 Å². The van der Waals surface area contributed by atoms with Crippen molar-refractivity contribution in [1.29, 1.82) is 0 Å². The third-order valence-electron chi connectivity index (χ3n) is 4.29. The minimum Gasteiger partial charge on any atom is -0.444 e. The molecule has 9 heteroatoms. The predicted molar refractivity (Wildman–Crippen MR) is 114 cm³/mol. The van der Waals surface area contributed by atoms with Crippen LogP contribution in [0.15, 0.2) is 48.5 Å². The highest BCUT2D eigenvalue weighted by Gasteiger charge is 2.39. The van der Waals surface area contributed by atoms with E-state index in [1.165, 1.54) is 12.1 Å². The van der Waals surface area contributed by atoms with Crippen LogP contribution in [0.1, 0.15) is 51.2 Å². The van der Waals surface area contributed by atoms with Crippen molar-refractivity contribution < 1.29 is 28.8 Å². The van der Waals surface area contributed by atoms with Crippen molar-refractivity contribution in [2.45, 2.75) is 26.4 Å². The first-order valence-corrected chi connectivity index (χ1v) is 10.2. The lowest BCUT2D eigenvalue weighted by molar-refractivity contribution is -0.0581. The molecule has 0 saturated carbocycles. The molecule has 4 rings (SSSR count). The third kappa shape index (κ3) is 4.13. The minimum atomic E-state index is -0.822. The Labute approximate surface area is 181 Å². The first-order valence-electron chi connectivity index (χ1n) is 9.36. The number of anilines is 1. The maximum atomic E-state index is 12.6. The number of fused-ring (bicyclic) bond motifs is 2. The molecule has 158 valence electrons. The van der Waals surface area contributed by atoms with Gasteiger partial charge >= 0.3 is 12.1 Å². The maximum Gasteiger partial charge on any atom is 0.412 e. The predicted octanol–water partition coefficient (Wildman–Crippen LogP) is 4.62. The molecular weight excluding hydrogens is 420 g/mol. The van der Waals surface area contributed by atoms with Crippen molar-refractivity contribution >= 4 is 51.0 Å². The Morgan fingerprint density at radius 1 is 0.968 bits per heavy atom. The van der Waals surface area contributed by atoms with Crippen molar-refractivity contribution in [2.24, 2.45) is 0 Å². The second-order valence-corrected chi connectivity index (χ2v) is 8.90. The van der Waals surface area contributed by atoms with E-state index in [2.05, 4.69) is 5.32 Å². The maximum absolute atomic E-state index is 12.6. The van der Waals surface area contributed by atoms with Crippen molar-refractivity contribution in [2.75, 3.05) is 5.32 Å². The van der Waals surface area contributed by atoms with Gasteiger partial charge in [0, 0.05) is 10.4 Å². The largest absolute Gasteiger partial charge is 0.444 e. The number of rotatable bonds is 3. The van der Waals surface area contributed by atoms with Crippen LogP contribution in [-0.2, 0) is 9.57 Å². The summed E-state index contributed by atoms with van der Waals surface area (Å²) in [5, 5.41) is 3.81. The number of carbonyl (C=O) groups is 4. The number of carbonyl (C=O) groups excluding carboxylic acids is 4. The van der Waals surface area contributed by atoms with Crippen LogP contribution in [0, 0.1) is 0 Å². The molecule has 3 amide bonds. The van der Waals surface area contributed by atoms with Crippen LogP contribution in [0.4, 0.5) is 10.5 Å². The normalized spacial score (nSPS) is 13.3. The van der Waals surface area contributed by atoms with Crippen molar-refractivity contribution in [3.63, 3.8) is 0 Å². The molecule has 0 aliphatic carbocycles. The summed E-state index contributed by atoms with van der Waals surface area (Å²) in [7, 11) is 0. The average Bonchev–Trinajstić information content (AvgIpc) is 3.22. The molecule has 0 spiro atoms. The zero-order valence-electron chi connectivity index (χ0n) is 16.9. The molecule has 1 N–H and O–H groups in total. The lowest BCUT2D eigenvalue weighted by atomic mass is 10.1. The number of thiophene rings is 1. The van der Waals surface area contributed by atoms with E-state index in [1.54, 1.807) is 57.2 Å². The van der Waals surface area contributed by atoms with Crippen LogP contribution in [0.2, 0.25) is 0 Å². The van der Waals surface area contributed by atoms with Gasteiger partial charge in [-0.05, 0) is 62.6 Å². The topological polar surface area (TPSA) is 102 Å². The van der Waals surface area contributed by atoms with Gasteiger partial charge in [0.1, 0.15) is 10.5 Å². The monoisotopic (exact) mass is 438 g/mol. The summed E-state index contributed by atoms with van der Waals surface area (Å²) in [5.74, 6) is -2.19. The first-order chi connectivity index (χ1) is 14.6. The summed E-state index contributed by atoms with van der Waals surface area (Å²) in [6.07, 6.45) is -0.590. The molecule has 3 aromatic rings. The zero-order valence-corrected chi connectivity index (χ0v) is 17.7. The van der Waals surface area contributed by atoms with Crippen molar-refractivity contribution in [3.05, 3.63) is 64.5 Å². The number of hydrogen-bond donors (Lipinski definition) is 1. The van der Waals surface area contributed by atoms with Crippen LogP contribution in [0.5, 0.6) is 0 Å². The molecule has 0 bridgehead atoms. The standard InChI is InChI=1S/C22H18N2O6S/c1-22(2,3)29-21(28)23-13-8-9-16-12(10-13)11-17(31-16)20(27)30-24-18(25)14-6-4-5-7-15(14)19(24)26/h4-11H,1-3H3,(H,23,28). The number of nitrogens with one attached hydrogen (secondary N) is 1. The van der Waals surface area contributed by atoms with Gasteiger partial charge in [0.05, 0.1) is 11.1 Å². The summed E-state index contributed by atoms with van der Waals surface area (Å²) in [4.78, 5) is 54.6. The van der Waals surface area contributed by atoms with Gasteiger partial charge in [-0.25, -0.2) is 9.59 Å². The highest BCUT2D eigenvalue weighted by Crippen LogP contribution is 2.30. The fraction of sp³-hybridized carbons (Fsp3) is 0.182. The van der Waals surface area contributed by atoms with Gasteiger partial charge in [0.15, 0.2) is 0 Å². The lowest BCUT2D eigenvalue weighted by Gasteiger charge is -2.19. The smallest absolute Gasteiger partial charge is 0.412 e. The number of ether oxygens (including phenoxy) is 1. The van der Waals surface area contributed by atoms with Crippen molar-refractivity contribution in [3.8, 4) is 0 Å². The highest BCUT2D eigenvalue weighted by molar-refractivity contribution is 7.20. The Morgan fingerprint density at radius 2 is 1.61 bits per heavy atom. The van der Waals surface area contributed by atoms with Gasteiger partial charge in [0.2, 0.25) is 0 Å². The van der Waals surface area contributed by atoms with Gasteiger partial charge < -0.3 is 9.57 Å². The number of amides is 3. The molecule has 0 unspecified atom stereocenters. The summed E-state index contributed by atoms with van der Waals surface area (Å²) in [6, 6.07) is 12.9. The quantitative estimate of drug-likeness (QED) is 0.599. The second-order valence-electron chi connectivity index (χ2n) is 7.82. The van der Waals surface area contributed by atoms with Gasteiger partial charge in [-0.15, -0.1) is 11.3 Å². The van der Waals surface area contributed by atoms with Crippen LogP contribution >= 0.6 is 11.3 Å². The summed E-state index contributed by atoms with van der Waals surface area (Å²) in [6.45, 7) is 5.29. The van der Waals surface area contributed by atoms with Gasteiger partial charge in [-0.1, -0.05) is 17.2 Å². The van der Waals surface area contributed by atoms with E-state index in [1.807, 2.05) is 0 Å². The molecule has 1 aliphatic rings. The van der Waals surface area contributed by atoms with E-state index in [0.29, 0.717) is 16.1 Å². The fourth-order valence-corrected chi connectivity index (χ4v) is 3.94. The number of hydrogen-bond acceptors (Lipinski definition) is 7. The van der Waals surface area contributed by atoms with Gasteiger partial charge in [-0.3, -0.25) is 14.9 Å². The Kier molecular flexibility index (Phi) is 4.98. The molecule has 0 fully saturated rings. The fourth-order valence-electron chi connectivity index (χ4n) is 3.02. The molecular formula is C22H18N2O6S. The van der Waals surface area contributed by atoms with Crippen molar-refractivity contribution in [1.82, 2.24) is 5.06 Å². The number of imide groups is 1.